The SMILES string of the molecule is COc1cc(Br)c(/C=C2\C(=O)ON=C2C)cc1OC. The van der Waals surface area contributed by atoms with Gasteiger partial charge < -0.3 is 14.3 Å². The summed E-state index contributed by atoms with van der Waals surface area (Å²) >= 11 is 3.43. The molecule has 1 aliphatic heterocycles. The summed E-state index contributed by atoms with van der Waals surface area (Å²) in [4.78, 5) is 16.1. The monoisotopic (exact) mass is 325 g/mol. The van der Waals surface area contributed by atoms with Gasteiger partial charge in [0.2, 0.25) is 0 Å². The van der Waals surface area contributed by atoms with Crippen LogP contribution in [0.15, 0.2) is 27.3 Å². The van der Waals surface area contributed by atoms with Crippen molar-refractivity contribution in [1.29, 1.82) is 0 Å². The summed E-state index contributed by atoms with van der Waals surface area (Å²) in [6.45, 7) is 1.71. The van der Waals surface area contributed by atoms with Crippen LogP contribution in [0.1, 0.15) is 12.5 Å². The topological polar surface area (TPSA) is 57.1 Å². The van der Waals surface area contributed by atoms with Crippen LogP contribution in [0.4, 0.5) is 0 Å². The van der Waals surface area contributed by atoms with Gasteiger partial charge in [0.15, 0.2) is 11.5 Å². The predicted octanol–water partition coefficient (Wildman–Crippen LogP) is 2.78. The fraction of sp³-hybridized carbons (Fsp3) is 0.231. The Morgan fingerprint density at radius 2 is 1.89 bits per heavy atom. The van der Waals surface area contributed by atoms with Gasteiger partial charge in [-0.05, 0) is 30.7 Å². The van der Waals surface area contributed by atoms with Crippen LogP contribution in [0.5, 0.6) is 11.5 Å². The van der Waals surface area contributed by atoms with Crippen LogP contribution in [0.25, 0.3) is 6.08 Å². The van der Waals surface area contributed by atoms with Gasteiger partial charge >= 0.3 is 5.97 Å². The lowest BCUT2D eigenvalue weighted by Crippen LogP contribution is -2.02. The first-order valence-electron chi connectivity index (χ1n) is 5.46. The molecule has 1 aliphatic rings. The van der Waals surface area contributed by atoms with Gasteiger partial charge in [-0.1, -0.05) is 21.1 Å². The highest BCUT2D eigenvalue weighted by atomic mass is 79.9. The molecule has 0 unspecified atom stereocenters. The highest BCUT2D eigenvalue weighted by molar-refractivity contribution is 9.10. The molecule has 1 heterocycles. The van der Waals surface area contributed by atoms with E-state index in [1.54, 1.807) is 39.4 Å². The number of methoxy groups -OCH3 is 2. The maximum atomic E-state index is 11.5. The summed E-state index contributed by atoms with van der Waals surface area (Å²) in [6, 6.07) is 3.55. The second-order valence-corrected chi connectivity index (χ2v) is 4.70. The van der Waals surface area contributed by atoms with Gasteiger partial charge in [0, 0.05) is 4.47 Å². The molecule has 0 aliphatic carbocycles. The van der Waals surface area contributed by atoms with E-state index in [1.807, 2.05) is 0 Å². The molecule has 6 heteroatoms. The van der Waals surface area contributed by atoms with Crippen molar-refractivity contribution in [3.8, 4) is 11.5 Å². The highest BCUT2D eigenvalue weighted by Gasteiger charge is 2.22. The standard InChI is InChI=1S/C13H12BrNO4/c1-7-9(13(16)19-15-7)4-8-5-11(17-2)12(18-3)6-10(8)14/h4-6H,1-3H3/b9-4-. The number of ether oxygens (including phenoxy) is 2. The molecule has 100 valence electrons. The fourth-order valence-corrected chi connectivity index (χ4v) is 2.09. The van der Waals surface area contributed by atoms with Crippen LogP contribution in [-0.4, -0.2) is 25.9 Å². The fourth-order valence-electron chi connectivity index (χ4n) is 1.66. The molecule has 2 rings (SSSR count). The quantitative estimate of drug-likeness (QED) is 0.633. The molecule has 0 fully saturated rings. The molecule has 0 bridgehead atoms. The lowest BCUT2D eigenvalue weighted by atomic mass is 10.1. The van der Waals surface area contributed by atoms with Gasteiger partial charge in [-0.2, -0.15) is 0 Å². The van der Waals surface area contributed by atoms with E-state index in [1.165, 1.54) is 0 Å². The summed E-state index contributed by atoms with van der Waals surface area (Å²) in [5.41, 5.74) is 1.75. The van der Waals surface area contributed by atoms with Crippen molar-refractivity contribution in [2.75, 3.05) is 14.2 Å². The summed E-state index contributed by atoms with van der Waals surface area (Å²) in [6.07, 6.45) is 1.69. The van der Waals surface area contributed by atoms with E-state index in [4.69, 9.17) is 9.47 Å². The third-order valence-electron chi connectivity index (χ3n) is 2.68. The largest absolute Gasteiger partial charge is 0.493 e. The number of oxime groups is 1. The number of carbonyl (C=O) groups is 1. The Morgan fingerprint density at radius 3 is 2.42 bits per heavy atom. The van der Waals surface area contributed by atoms with Crippen LogP contribution >= 0.6 is 15.9 Å². The molecule has 0 spiro atoms. The number of hydrogen-bond donors (Lipinski definition) is 0. The first kappa shape index (κ1) is 13.6. The first-order valence-corrected chi connectivity index (χ1v) is 6.25. The Bertz CT molecular complexity index is 593. The minimum Gasteiger partial charge on any atom is -0.493 e. The average molecular weight is 326 g/mol. The zero-order valence-corrected chi connectivity index (χ0v) is 12.3. The Balaban J connectivity index is 2.49. The highest BCUT2D eigenvalue weighted by Crippen LogP contribution is 2.34. The zero-order chi connectivity index (χ0) is 14.0. The number of halogens is 1. The van der Waals surface area contributed by atoms with E-state index in [-0.39, 0.29) is 0 Å². The van der Waals surface area contributed by atoms with Crippen molar-refractivity contribution in [3.05, 3.63) is 27.7 Å². The van der Waals surface area contributed by atoms with Crippen LogP contribution < -0.4 is 9.47 Å². The molecule has 0 aromatic heterocycles. The molecule has 0 radical (unpaired) electrons. The molecule has 5 nitrogen and oxygen atoms in total. The summed E-state index contributed by atoms with van der Waals surface area (Å²) in [7, 11) is 3.12. The van der Waals surface area contributed by atoms with Gasteiger partial charge in [0.05, 0.1) is 25.5 Å². The van der Waals surface area contributed by atoms with Crippen molar-refractivity contribution in [2.24, 2.45) is 5.16 Å². The van der Waals surface area contributed by atoms with Crippen molar-refractivity contribution >= 4 is 33.7 Å². The van der Waals surface area contributed by atoms with Crippen molar-refractivity contribution in [3.63, 3.8) is 0 Å². The lowest BCUT2D eigenvalue weighted by molar-refractivity contribution is -0.136. The van der Waals surface area contributed by atoms with Gasteiger partial charge in [-0.15, -0.1) is 0 Å². The summed E-state index contributed by atoms with van der Waals surface area (Å²) in [5.74, 6) is 0.730. The minimum absolute atomic E-state index is 0.424. The summed E-state index contributed by atoms with van der Waals surface area (Å²) < 4.78 is 11.2. The van der Waals surface area contributed by atoms with Gasteiger partial charge in [0.1, 0.15) is 0 Å². The van der Waals surface area contributed by atoms with E-state index in [0.717, 1.165) is 10.0 Å². The zero-order valence-electron chi connectivity index (χ0n) is 10.7. The smallest absolute Gasteiger partial charge is 0.367 e. The maximum absolute atomic E-state index is 11.5. The van der Waals surface area contributed by atoms with Crippen molar-refractivity contribution in [2.45, 2.75) is 6.92 Å². The Hall–Kier alpha value is -1.82. The molecule has 1 aromatic rings. The first-order chi connectivity index (χ1) is 9.06. The summed E-state index contributed by atoms with van der Waals surface area (Å²) in [5, 5.41) is 3.63. The Kier molecular flexibility index (Phi) is 3.90. The number of rotatable bonds is 3. The number of carbonyl (C=O) groups excluding carboxylic acids is 1. The van der Waals surface area contributed by atoms with Crippen LogP contribution in [0.3, 0.4) is 0 Å². The second-order valence-electron chi connectivity index (χ2n) is 3.84. The van der Waals surface area contributed by atoms with Gasteiger partial charge in [-0.25, -0.2) is 4.79 Å². The van der Waals surface area contributed by atoms with E-state index in [9.17, 15) is 4.79 Å². The number of hydrogen-bond acceptors (Lipinski definition) is 5. The van der Waals surface area contributed by atoms with Crippen LogP contribution in [-0.2, 0) is 9.63 Å². The average Bonchev–Trinajstić information content (AvgIpc) is 2.72. The third-order valence-corrected chi connectivity index (χ3v) is 3.36. The number of nitrogens with zero attached hydrogens (tertiary/aromatic N) is 1. The van der Waals surface area contributed by atoms with Crippen LogP contribution in [0.2, 0.25) is 0 Å². The van der Waals surface area contributed by atoms with Gasteiger partial charge in [0.25, 0.3) is 0 Å². The molecule has 0 N–H and O–H groups in total. The molecule has 0 amide bonds. The number of benzene rings is 1. The Morgan fingerprint density at radius 1 is 1.26 bits per heavy atom. The molecule has 1 aromatic carbocycles. The van der Waals surface area contributed by atoms with Gasteiger partial charge in [-0.3, -0.25) is 0 Å². The van der Waals surface area contributed by atoms with E-state index in [0.29, 0.717) is 22.8 Å². The predicted molar refractivity (Wildman–Crippen MR) is 74.4 cm³/mol. The normalized spacial score (nSPS) is 16.3. The van der Waals surface area contributed by atoms with E-state index < -0.39 is 5.97 Å². The van der Waals surface area contributed by atoms with E-state index >= 15 is 0 Å². The molecule has 19 heavy (non-hydrogen) atoms. The molecule has 0 atom stereocenters. The Labute approximate surface area is 119 Å². The maximum Gasteiger partial charge on any atom is 0.367 e. The molecular weight excluding hydrogens is 314 g/mol. The molecular formula is C13H12BrNO4. The third kappa shape index (κ3) is 2.63. The molecule has 0 saturated carbocycles. The lowest BCUT2D eigenvalue weighted by Gasteiger charge is -2.10. The van der Waals surface area contributed by atoms with Crippen molar-refractivity contribution in [1.82, 2.24) is 0 Å². The van der Waals surface area contributed by atoms with Crippen molar-refractivity contribution < 1.29 is 19.1 Å². The van der Waals surface area contributed by atoms with E-state index in [2.05, 4.69) is 25.9 Å². The molecule has 0 saturated heterocycles. The minimum atomic E-state index is -0.459. The van der Waals surface area contributed by atoms with Crippen LogP contribution in [0, 0.1) is 0 Å². The second kappa shape index (κ2) is 5.44.